The molecule has 0 fully saturated rings. The van der Waals surface area contributed by atoms with E-state index in [1.165, 1.54) is 24.0 Å². The molecule has 1 aromatic carbocycles. The topological polar surface area (TPSA) is 55.8 Å². The first kappa shape index (κ1) is 22.0. The van der Waals surface area contributed by atoms with E-state index in [4.69, 9.17) is 9.47 Å². The number of carbonyl (C=O) groups excluding carboxylic acids is 2. The molecule has 0 atom stereocenters. The second kappa shape index (κ2) is 12.2. The van der Waals surface area contributed by atoms with Crippen LogP contribution >= 0.6 is 0 Å². The van der Waals surface area contributed by atoms with Gasteiger partial charge in [-0.15, -0.1) is 0 Å². The van der Waals surface area contributed by atoms with Crippen molar-refractivity contribution in [3.8, 4) is 5.75 Å². The summed E-state index contributed by atoms with van der Waals surface area (Å²) in [5, 5.41) is 0. The van der Waals surface area contributed by atoms with Crippen LogP contribution in [-0.4, -0.2) is 43.1 Å². The number of carbonyl (C=O) groups is 2. The minimum Gasteiger partial charge on any atom is -0.484 e. The first-order valence-electron chi connectivity index (χ1n) is 10.5. The van der Waals surface area contributed by atoms with Crippen molar-refractivity contribution in [1.29, 1.82) is 0 Å². The van der Waals surface area contributed by atoms with Crippen LogP contribution in [0.5, 0.6) is 5.75 Å². The number of nitrogens with zero attached hydrogens (tertiary/aromatic N) is 1. The van der Waals surface area contributed by atoms with Crippen LogP contribution in [0.4, 0.5) is 0 Å². The number of allylic oxidation sites excluding steroid dienone is 1. The lowest BCUT2D eigenvalue weighted by atomic mass is 9.97. The number of rotatable bonds is 11. The van der Waals surface area contributed by atoms with Gasteiger partial charge < -0.3 is 14.4 Å². The molecule has 0 spiro atoms. The molecule has 28 heavy (non-hydrogen) atoms. The normalized spacial score (nSPS) is 13.6. The number of benzene rings is 1. The maximum atomic E-state index is 12.7. The molecule has 0 bridgehead atoms. The summed E-state index contributed by atoms with van der Waals surface area (Å²) in [7, 11) is 0. The lowest BCUT2D eigenvalue weighted by Crippen LogP contribution is -2.37. The SMILES string of the molecule is CCOC(=O)CCN(CCC1=CCCCC1)C(=O)COc1cccc(CC)c1. The summed E-state index contributed by atoms with van der Waals surface area (Å²) in [6, 6.07) is 7.80. The van der Waals surface area contributed by atoms with Crippen LogP contribution in [0.2, 0.25) is 0 Å². The van der Waals surface area contributed by atoms with Crippen molar-refractivity contribution >= 4 is 11.9 Å². The van der Waals surface area contributed by atoms with E-state index in [-0.39, 0.29) is 24.9 Å². The van der Waals surface area contributed by atoms with Crippen LogP contribution in [0.3, 0.4) is 0 Å². The Labute approximate surface area is 168 Å². The number of hydrogen-bond donors (Lipinski definition) is 0. The van der Waals surface area contributed by atoms with E-state index in [2.05, 4.69) is 13.0 Å². The van der Waals surface area contributed by atoms with E-state index in [0.29, 0.717) is 25.4 Å². The maximum absolute atomic E-state index is 12.7. The van der Waals surface area contributed by atoms with Gasteiger partial charge in [-0.05, 0) is 63.1 Å². The molecule has 0 heterocycles. The molecule has 0 unspecified atom stereocenters. The Balaban J connectivity index is 1.91. The fraction of sp³-hybridized carbons (Fsp3) is 0.565. The molecule has 1 aliphatic rings. The Morgan fingerprint density at radius 3 is 2.71 bits per heavy atom. The third-order valence-corrected chi connectivity index (χ3v) is 5.00. The largest absolute Gasteiger partial charge is 0.484 e. The molecule has 0 aliphatic heterocycles. The van der Waals surface area contributed by atoms with E-state index < -0.39 is 0 Å². The Morgan fingerprint density at radius 1 is 1.14 bits per heavy atom. The van der Waals surface area contributed by atoms with Crippen molar-refractivity contribution < 1.29 is 19.1 Å². The van der Waals surface area contributed by atoms with Crippen LogP contribution in [0, 0.1) is 0 Å². The summed E-state index contributed by atoms with van der Waals surface area (Å²) in [5.74, 6) is 0.337. The number of aryl methyl sites for hydroxylation is 1. The van der Waals surface area contributed by atoms with Crippen LogP contribution in [-0.2, 0) is 20.7 Å². The third kappa shape index (κ3) is 7.75. The number of esters is 1. The van der Waals surface area contributed by atoms with Crippen LogP contribution < -0.4 is 4.74 Å². The number of ether oxygens (including phenoxy) is 2. The predicted molar refractivity (Wildman–Crippen MR) is 110 cm³/mol. The van der Waals surface area contributed by atoms with Crippen LogP contribution in [0.25, 0.3) is 0 Å². The second-order valence-electron chi connectivity index (χ2n) is 7.08. The molecular weight excluding hydrogens is 354 g/mol. The van der Waals surface area contributed by atoms with E-state index >= 15 is 0 Å². The molecular formula is C23H33NO4. The molecule has 5 heteroatoms. The number of amides is 1. The standard InChI is InChI=1S/C23H33NO4/c1-3-19-11-8-12-21(17-19)28-18-22(25)24(16-14-23(26)27-4-2)15-13-20-9-6-5-7-10-20/h8-9,11-12,17H,3-7,10,13-16,18H2,1-2H3. The predicted octanol–water partition coefficient (Wildman–Crippen LogP) is 4.30. The van der Waals surface area contributed by atoms with E-state index in [1.807, 2.05) is 24.3 Å². The van der Waals surface area contributed by atoms with Crippen LogP contribution in [0.15, 0.2) is 35.9 Å². The summed E-state index contributed by atoms with van der Waals surface area (Å²) in [4.78, 5) is 26.2. The van der Waals surface area contributed by atoms with Crippen molar-refractivity contribution in [1.82, 2.24) is 4.90 Å². The monoisotopic (exact) mass is 387 g/mol. The summed E-state index contributed by atoms with van der Waals surface area (Å²) < 4.78 is 10.7. The highest BCUT2D eigenvalue weighted by Gasteiger charge is 2.17. The van der Waals surface area contributed by atoms with Gasteiger partial charge in [0.15, 0.2) is 6.61 Å². The Morgan fingerprint density at radius 2 is 2.00 bits per heavy atom. The molecule has 0 saturated carbocycles. The first-order chi connectivity index (χ1) is 13.6. The summed E-state index contributed by atoms with van der Waals surface area (Å²) in [6.45, 7) is 5.19. The highest BCUT2D eigenvalue weighted by molar-refractivity contribution is 5.78. The Kier molecular flexibility index (Phi) is 9.60. The summed E-state index contributed by atoms with van der Waals surface area (Å²) in [6.07, 6.45) is 9.00. The van der Waals surface area contributed by atoms with Gasteiger partial charge in [0.1, 0.15) is 5.75 Å². The zero-order valence-corrected chi connectivity index (χ0v) is 17.2. The van der Waals surface area contributed by atoms with E-state index in [1.54, 1.807) is 11.8 Å². The van der Waals surface area contributed by atoms with Gasteiger partial charge in [0, 0.05) is 13.1 Å². The van der Waals surface area contributed by atoms with Crippen molar-refractivity contribution in [2.24, 2.45) is 0 Å². The third-order valence-electron chi connectivity index (χ3n) is 5.00. The van der Waals surface area contributed by atoms with Gasteiger partial charge in [-0.3, -0.25) is 9.59 Å². The van der Waals surface area contributed by atoms with Gasteiger partial charge in [0.05, 0.1) is 13.0 Å². The fourth-order valence-electron chi connectivity index (χ4n) is 3.32. The quantitative estimate of drug-likeness (QED) is 0.420. The molecule has 0 aromatic heterocycles. The smallest absolute Gasteiger partial charge is 0.307 e. The second-order valence-corrected chi connectivity index (χ2v) is 7.08. The summed E-state index contributed by atoms with van der Waals surface area (Å²) >= 11 is 0. The van der Waals surface area contributed by atoms with Gasteiger partial charge >= 0.3 is 5.97 Å². The van der Waals surface area contributed by atoms with Gasteiger partial charge in [-0.2, -0.15) is 0 Å². The Bertz CT molecular complexity index is 668. The lowest BCUT2D eigenvalue weighted by molar-refractivity contribution is -0.144. The van der Waals surface area contributed by atoms with Gasteiger partial charge in [0.25, 0.3) is 5.91 Å². The maximum Gasteiger partial charge on any atom is 0.307 e. The van der Waals surface area contributed by atoms with Crippen molar-refractivity contribution in [2.45, 2.75) is 58.8 Å². The molecule has 0 N–H and O–H groups in total. The molecule has 1 amide bonds. The number of hydrogen-bond acceptors (Lipinski definition) is 4. The van der Waals surface area contributed by atoms with Crippen molar-refractivity contribution in [2.75, 3.05) is 26.3 Å². The Hall–Kier alpha value is -2.30. The van der Waals surface area contributed by atoms with Gasteiger partial charge in [-0.1, -0.05) is 30.7 Å². The average Bonchev–Trinajstić information content (AvgIpc) is 2.73. The average molecular weight is 388 g/mol. The van der Waals surface area contributed by atoms with Crippen LogP contribution in [0.1, 0.15) is 57.9 Å². The molecule has 154 valence electrons. The molecule has 1 aromatic rings. The first-order valence-corrected chi connectivity index (χ1v) is 10.5. The summed E-state index contributed by atoms with van der Waals surface area (Å²) in [5.41, 5.74) is 2.59. The molecule has 0 radical (unpaired) electrons. The minimum absolute atomic E-state index is 0.0188. The van der Waals surface area contributed by atoms with Gasteiger partial charge in [-0.25, -0.2) is 0 Å². The zero-order valence-electron chi connectivity index (χ0n) is 17.2. The fourth-order valence-corrected chi connectivity index (χ4v) is 3.32. The molecule has 0 saturated heterocycles. The highest BCUT2D eigenvalue weighted by Crippen LogP contribution is 2.20. The lowest BCUT2D eigenvalue weighted by Gasteiger charge is -2.24. The highest BCUT2D eigenvalue weighted by atomic mass is 16.5. The van der Waals surface area contributed by atoms with Crippen molar-refractivity contribution in [3.05, 3.63) is 41.5 Å². The minimum atomic E-state index is -0.270. The van der Waals surface area contributed by atoms with Gasteiger partial charge in [0.2, 0.25) is 0 Å². The van der Waals surface area contributed by atoms with E-state index in [9.17, 15) is 9.59 Å². The molecule has 1 aliphatic carbocycles. The molecule has 2 rings (SSSR count). The van der Waals surface area contributed by atoms with E-state index in [0.717, 1.165) is 25.7 Å². The van der Waals surface area contributed by atoms with Crippen molar-refractivity contribution in [3.63, 3.8) is 0 Å². The zero-order chi connectivity index (χ0) is 20.2. The molecule has 5 nitrogen and oxygen atoms in total.